The van der Waals surface area contributed by atoms with Crippen LogP contribution in [0, 0.1) is 5.82 Å². The van der Waals surface area contributed by atoms with E-state index in [1.807, 2.05) is 13.8 Å². The van der Waals surface area contributed by atoms with Gasteiger partial charge in [0, 0.05) is 23.1 Å². The number of hydrogen-bond acceptors (Lipinski definition) is 9. The van der Waals surface area contributed by atoms with Crippen molar-refractivity contribution in [1.82, 2.24) is 9.97 Å². The Balaban J connectivity index is 1.48. The van der Waals surface area contributed by atoms with Crippen LogP contribution >= 0.6 is 11.3 Å². The van der Waals surface area contributed by atoms with Gasteiger partial charge in [0.05, 0.1) is 23.6 Å². The average Bonchev–Trinajstić information content (AvgIpc) is 3.53. The molecule has 0 aliphatic carbocycles. The molecule has 1 aliphatic rings. The predicted molar refractivity (Wildman–Crippen MR) is 157 cm³/mol. The fourth-order valence-corrected chi connectivity index (χ4v) is 5.70. The second-order valence-electron chi connectivity index (χ2n) is 11.1. The molecular weight excluding hydrogens is 561 g/mol. The Bertz CT molecular complexity index is 1680. The molecule has 2 aromatic carbocycles. The molecule has 2 aromatic heterocycles. The molecule has 9 nitrogen and oxygen atoms in total. The van der Waals surface area contributed by atoms with Gasteiger partial charge in [-0.1, -0.05) is 11.3 Å². The van der Waals surface area contributed by atoms with Gasteiger partial charge in [-0.2, -0.15) is 4.98 Å². The van der Waals surface area contributed by atoms with Crippen LogP contribution in [0.25, 0.3) is 21.5 Å². The van der Waals surface area contributed by atoms with Crippen molar-refractivity contribution in [1.29, 1.82) is 0 Å². The highest BCUT2D eigenvalue weighted by Gasteiger charge is 2.45. The van der Waals surface area contributed by atoms with Crippen LogP contribution in [0.1, 0.15) is 62.2 Å². The van der Waals surface area contributed by atoms with Gasteiger partial charge in [-0.15, -0.1) is 0 Å². The summed E-state index contributed by atoms with van der Waals surface area (Å²) in [6, 6.07) is 10.7. The van der Waals surface area contributed by atoms with Crippen molar-refractivity contribution in [3.8, 4) is 28.0 Å². The summed E-state index contributed by atoms with van der Waals surface area (Å²) in [6.07, 6.45) is -0.119. The first-order valence-electron chi connectivity index (χ1n) is 13.5. The minimum absolute atomic E-state index is 0.00322. The summed E-state index contributed by atoms with van der Waals surface area (Å²) in [7, 11) is 1.53. The summed E-state index contributed by atoms with van der Waals surface area (Å²) in [6.45, 7) is 7.01. The molecule has 0 unspecified atom stereocenters. The number of aromatic nitrogens is 2. The number of benzene rings is 2. The third-order valence-electron chi connectivity index (χ3n) is 7.42. The third-order valence-corrected chi connectivity index (χ3v) is 8.39. The quantitative estimate of drug-likeness (QED) is 0.237. The number of fused-ring (bicyclic) bond motifs is 2. The number of ether oxygens (including phenoxy) is 3. The number of ketones is 1. The molecular formula is C31H32FN3O6S. The minimum atomic E-state index is -1.57. The Morgan fingerprint density at radius 1 is 1.21 bits per heavy atom. The molecule has 42 heavy (non-hydrogen) atoms. The minimum Gasteiger partial charge on any atom is -0.489 e. The summed E-state index contributed by atoms with van der Waals surface area (Å²) >= 11 is 1.31. The lowest BCUT2D eigenvalue weighted by Crippen LogP contribution is -2.40. The van der Waals surface area contributed by atoms with Crippen molar-refractivity contribution in [2.75, 3.05) is 13.7 Å². The van der Waals surface area contributed by atoms with Crippen molar-refractivity contribution in [2.45, 2.75) is 57.7 Å². The number of amides is 1. The lowest BCUT2D eigenvalue weighted by Gasteiger charge is -2.26. The molecule has 1 aliphatic heterocycles. The van der Waals surface area contributed by atoms with Crippen molar-refractivity contribution < 1.29 is 33.3 Å². The highest BCUT2D eigenvalue weighted by Crippen LogP contribution is 2.46. The zero-order chi connectivity index (χ0) is 30.4. The van der Waals surface area contributed by atoms with Crippen LogP contribution in [0.5, 0.6) is 16.7 Å². The Kier molecular flexibility index (Phi) is 7.67. The number of carbonyl (C=O) groups is 2. The smallest absolute Gasteiger partial charge is 0.274 e. The number of Topliss-reactive ketones (excluding diaryl/α,β-unsaturated/α-hetero) is 1. The van der Waals surface area contributed by atoms with Gasteiger partial charge >= 0.3 is 0 Å². The maximum Gasteiger partial charge on any atom is 0.274 e. The molecule has 2 atom stereocenters. The van der Waals surface area contributed by atoms with E-state index in [-0.39, 0.29) is 37.0 Å². The average molecular weight is 594 g/mol. The molecule has 5 rings (SSSR count). The first-order chi connectivity index (χ1) is 19.8. The van der Waals surface area contributed by atoms with Gasteiger partial charge in [-0.05, 0) is 76.6 Å². The zero-order valence-electron chi connectivity index (χ0n) is 24.0. The SMILES string of the molecule is COc1nc2c(OC(C)C)cc(C(=O)CC[C@](C)(O)c3cc4c(c(-c5ccc(F)cc5)n3)OC[C@]4(C)C(N)=O)cc2s1. The number of nitrogens with two attached hydrogens (primary N) is 1. The lowest BCUT2D eigenvalue weighted by atomic mass is 9.81. The van der Waals surface area contributed by atoms with Gasteiger partial charge < -0.3 is 25.1 Å². The van der Waals surface area contributed by atoms with E-state index in [2.05, 4.69) is 4.98 Å². The van der Waals surface area contributed by atoms with Crippen molar-refractivity contribution >= 4 is 33.2 Å². The van der Waals surface area contributed by atoms with E-state index < -0.39 is 22.7 Å². The van der Waals surface area contributed by atoms with Gasteiger partial charge in [0.1, 0.15) is 46.1 Å². The fourth-order valence-electron chi connectivity index (χ4n) is 4.87. The van der Waals surface area contributed by atoms with Gasteiger partial charge in [0.25, 0.3) is 5.19 Å². The van der Waals surface area contributed by atoms with E-state index in [1.54, 1.807) is 44.2 Å². The molecule has 0 radical (unpaired) electrons. The second-order valence-corrected chi connectivity index (χ2v) is 12.1. The van der Waals surface area contributed by atoms with Gasteiger partial charge in [-0.25, -0.2) is 9.37 Å². The number of primary amides is 1. The number of nitrogens with zero attached hydrogens (tertiary/aromatic N) is 2. The Labute approximate surface area is 246 Å². The molecule has 0 fully saturated rings. The maximum absolute atomic E-state index is 13.7. The molecule has 1 amide bonds. The van der Waals surface area contributed by atoms with Gasteiger partial charge in [0.15, 0.2) is 5.78 Å². The molecule has 0 bridgehead atoms. The highest BCUT2D eigenvalue weighted by atomic mass is 32.1. The standard InChI is InChI=1S/C31H32FN3O6S/c1-16(2)41-22-12-18(13-23-26(22)35-29(39-5)42-23)21(36)10-11-31(4,38)24-14-20-27(40-15-30(20,3)28(33)37)25(34-24)17-6-8-19(32)9-7-17/h6-9,12-14,16,38H,10-11,15H2,1-5H3,(H2,33,37)/t30-,31-/m0/s1. The van der Waals surface area contributed by atoms with Gasteiger partial charge in [-0.3, -0.25) is 9.59 Å². The zero-order valence-corrected chi connectivity index (χ0v) is 24.8. The molecule has 0 saturated heterocycles. The number of halogens is 1. The summed E-state index contributed by atoms with van der Waals surface area (Å²) in [5.74, 6) is -0.385. The number of thiazole rings is 1. The maximum atomic E-state index is 13.7. The molecule has 0 spiro atoms. The fraction of sp³-hybridized carbons (Fsp3) is 0.355. The summed E-state index contributed by atoms with van der Waals surface area (Å²) < 4.78 is 31.5. The summed E-state index contributed by atoms with van der Waals surface area (Å²) in [5.41, 5.74) is 5.65. The van der Waals surface area contributed by atoms with E-state index in [4.69, 9.17) is 24.9 Å². The molecule has 0 saturated carbocycles. The summed E-state index contributed by atoms with van der Waals surface area (Å²) in [4.78, 5) is 35.0. The normalized spacial score (nSPS) is 17.5. The Morgan fingerprint density at radius 2 is 1.93 bits per heavy atom. The third kappa shape index (κ3) is 5.41. The van der Waals surface area contributed by atoms with E-state index in [0.29, 0.717) is 44.6 Å². The predicted octanol–water partition coefficient (Wildman–Crippen LogP) is 5.30. The first-order valence-corrected chi connectivity index (χ1v) is 14.3. The number of hydrogen-bond donors (Lipinski definition) is 2. The number of methoxy groups -OCH3 is 1. The van der Waals surface area contributed by atoms with Crippen LogP contribution < -0.4 is 19.9 Å². The monoisotopic (exact) mass is 593 g/mol. The molecule has 220 valence electrons. The molecule has 11 heteroatoms. The molecule has 4 aromatic rings. The van der Waals surface area contributed by atoms with Crippen molar-refractivity contribution in [2.24, 2.45) is 5.73 Å². The topological polar surface area (TPSA) is 134 Å². The highest BCUT2D eigenvalue weighted by molar-refractivity contribution is 7.20. The van der Waals surface area contributed by atoms with Crippen molar-refractivity contribution in [3.63, 3.8) is 0 Å². The van der Waals surface area contributed by atoms with Crippen LogP contribution in [-0.2, 0) is 15.8 Å². The van der Waals surface area contributed by atoms with Gasteiger partial charge in [0.2, 0.25) is 5.91 Å². The van der Waals surface area contributed by atoms with Crippen LogP contribution in [0.15, 0.2) is 42.5 Å². The molecule has 3 N–H and O–H groups in total. The Hall–Kier alpha value is -4.09. The first kappa shape index (κ1) is 29.4. The van der Waals surface area contributed by atoms with Crippen LogP contribution in [0.2, 0.25) is 0 Å². The largest absolute Gasteiger partial charge is 0.489 e. The van der Waals surface area contributed by atoms with Crippen LogP contribution in [0.3, 0.4) is 0 Å². The van der Waals surface area contributed by atoms with Crippen molar-refractivity contribution in [3.05, 3.63) is 65.1 Å². The van der Waals surface area contributed by atoms with Crippen LogP contribution in [0.4, 0.5) is 4.39 Å². The Morgan fingerprint density at radius 3 is 2.57 bits per heavy atom. The lowest BCUT2D eigenvalue weighted by molar-refractivity contribution is -0.123. The second kappa shape index (κ2) is 11.0. The van der Waals surface area contributed by atoms with E-state index in [0.717, 1.165) is 4.70 Å². The van der Waals surface area contributed by atoms with E-state index in [1.165, 1.54) is 30.6 Å². The van der Waals surface area contributed by atoms with Crippen LogP contribution in [-0.4, -0.2) is 46.6 Å². The molecule has 3 heterocycles. The number of rotatable bonds is 10. The van der Waals surface area contributed by atoms with E-state index >= 15 is 0 Å². The number of pyridine rings is 1. The number of aliphatic hydroxyl groups is 1. The summed E-state index contributed by atoms with van der Waals surface area (Å²) in [5, 5.41) is 12.1. The van der Waals surface area contributed by atoms with E-state index in [9.17, 15) is 19.1 Å². The number of carbonyl (C=O) groups excluding carboxylic acids is 2.